The van der Waals surface area contributed by atoms with Crippen LogP contribution < -0.4 is 15.4 Å². The molecular weight excluding hydrogens is 410 g/mol. The summed E-state index contributed by atoms with van der Waals surface area (Å²) in [6.45, 7) is 2.07. The third kappa shape index (κ3) is 4.31. The molecule has 0 saturated heterocycles. The summed E-state index contributed by atoms with van der Waals surface area (Å²) in [5, 5.41) is 22.1. The number of fused-ring (bicyclic) bond motifs is 1. The van der Waals surface area contributed by atoms with Gasteiger partial charge in [0.1, 0.15) is 11.5 Å². The third-order valence-electron chi connectivity index (χ3n) is 5.89. The number of rotatable bonds is 5. The van der Waals surface area contributed by atoms with Crippen molar-refractivity contribution in [1.82, 2.24) is 20.1 Å². The molecule has 3 aromatic rings. The standard InChI is InChI=1S/C23H27N5O2S/c1-14-21(9-15(11-24-14)16-12-25-28(2)13-16)30-17-7-8-19-22(10-17)31-23(27-19)26-18-5-3-4-6-20(18)29/h7-14,18,20,24,29H,3-6H2,1-2H3,(H,26,27)/t14?,18-,20-/m1/s1. The van der Waals surface area contributed by atoms with Crippen LogP contribution >= 0.6 is 11.3 Å². The maximum atomic E-state index is 10.2. The van der Waals surface area contributed by atoms with Crippen molar-refractivity contribution >= 4 is 32.3 Å². The minimum absolute atomic E-state index is 0.0718. The molecule has 0 bridgehead atoms. The molecule has 1 fully saturated rings. The molecule has 1 aliphatic heterocycles. The quantitative estimate of drug-likeness (QED) is 0.559. The average molecular weight is 438 g/mol. The molecule has 0 radical (unpaired) electrons. The van der Waals surface area contributed by atoms with Gasteiger partial charge in [0, 0.05) is 36.6 Å². The van der Waals surface area contributed by atoms with E-state index in [0.29, 0.717) is 0 Å². The minimum Gasteiger partial charge on any atom is -0.459 e. The zero-order valence-corrected chi connectivity index (χ0v) is 18.5. The summed E-state index contributed by atoms with van der Waals surface area (Å²) in [7, 11) is 1.91. The predicted molar refractivity (Wildman–Crippen MR) is 124 cm³/mol. The first-order chi connectivity index (χ1) is 15.0. The molecule has 1 aromatic carbocycles. The van der Waals surface area contributed by atoms with Crippen LogP contribution in [0.3, 0.4) is 0 Å². The predicted octanol–water partition coefficient (Wildman–Crippen LogP) is 4.04. The van der Waals surface area contributed by atoms with E-state index in [0.717, 1.165) is 63.7 Å². The number of nitrogens with one attached hydrogen (secondary N) is 2. The Kier molecular flexibility index (Phi) is 5.41. The molecule has 2 aromatic heterocycles. The van der Waals surface area contributed by atoms with Crippen molar-refractivity contribution in [3.63, 3.8) is 0 Å². The zero-order chi connectivity index (χ0) is 21.4. The molecule has 2 aliphatic rings. The lowest BCUT2D eigenvalue weighted by molar-refractivity contribution is 0.116. The SMILES string of the molecule is CC1NC=C(c2cnn(C)c2)C=C1Oc1ccc2nc(N[C@@H]3CCCC[C@H]3O)sc2c1. The van der Waals surface area contributed by atoms with Crippen molar-refractivity contribution in [3.05, 3.63) is 54.2 Å². The van der Waals surface area contributed by atoms with Crippen molar-refractivity contribution in [2.45, 2.75) is 50.8 Å². The van der Waals surface area contributed by atoms with Crippen LogP contribution in [0.4, 0.5) is 5.13 Å². The molecule has 7 nitrogen and oxygen atoms in total. The molecule has 31 heavy (non-hydrogen) atoms. The fourth-order valence-electron chi connectivity index (χ4n) is 4.08. The van der Waals surface area contributed by atoms with Gasteiger partial charge in [0.05, 0.1) is 34.6 Å². The Morgan fingerprint density at radius 2 is 2.16 bits per heavy atom. The van der Waals surface area contributed by atoms with Gasteiger partial charge in [-0.05, 0) is 38.0 Å². The molecule has 3 N–H and O–H groups in total. The monoisotopic (exact) mass is 437 g/mol. The van der Waals surface area contributed by atoms with Crippen LogP contribution in [0.5, 0.6) is 5.75 Å². The van der Waals surface area contributed by atoms with Crippen molar-refractivity contribution in [2.24, 2.45) is 7.05 Å². The lowest BCUT2D eigenvalue weighted by atomic mass is 9.93. The Bertz CT molecular complexity index is 1150. The number of aliphatic hydroxyl groups excluding tert-OH is 1. The lowest BCUT2D eigenvalue weighted by Gasteiger charge is -2.27. The molecule has 8 heteroatoms. The number of benzene rings is 1. The molecule has 3 heterocycles. The number of thiazole rings is 1. The highest BCUT2D eigenvalue weighted by atomic mass is 32.1. The topological polar surface area (TPSA) is 84.2 Å². The summed E-state index contributed by atoms with van der Waals surface area (Å²) in [4.78, 5) is 4.69. The fourth-order valence-corrected chi connectivity index (χ4v) is 5.03. The molecule has 162 valence electrons. The Labute approximate surface area is 185 Å². The first-order valence-electron chi connectivity index (χ1n) is 10.7. The van der Waals surface area contributed by atoms with E-state index in [1.165, 1.54) is 0 Å². The van der Waals surface area contributed by atoms with Crippen LogP contribution in [0.15, 0.2) is 48.6 Å². The Balaban J connectivity index is 1.34. The first kappa shape index (κ1) is 20.1. The summed E-state index contributed by atoms with van der Waals surface area (Å²) in [5.74, 6) is 1.64. The number of aliphatic hydroxyl groups is 1. The van der Waals surface area contributed by atoms with E-state index in [1.54, 1.807) is 16.0 Å². The van der Waals surface area contributed by atoms with Gasteiger partial charge in [0.2, 0.25) is 0 Å². The van der Waals surface area contributed by atoms with Gasteiger partial charge in [-0.2, -0.15) is 5.10 Å². The van der Waals surface area contributed by atoms with Gasteiger partial charge < -0.3 is 20.5 Å². The number of aryl methyl sites for hydroxylation is 1. The summed E-state index contributed by atoms with van der Waals surface area (Å²) in [6.07, 6.45) is 11.7. The molecule has 5 rings (SSSR count). The Morgan fingerprint density at radius 3 is 2.97 bits per heavy atom. The van der Waals surface area contributed by atoms with Gasteiger partial charge in [0.25, 0.3) is 0 Å². The number of anilines is 1. The second-order valence-electron chi connectivity index (χ2n) is 8.29. The highest BCUT2D eigenvalue weighted by molar-refractivity contribution is 7.22. The average Bonchev–Trinajstić information content (AvgIpc) is 3.36. The third-order valence-corrected chi connectivity index (χ3v) is 6.83. The van der Waals surface area contributed by atoms with Crippen LogP contribution in [-0.4, -0.2) is 38.1 Å². The van der Waals surface area contributed by atoms with Crippen LogP contribution in [-0.2, 0) is 7.05 Å². The van der Waals surface area contributed by atoms with Crippen LogP contribution in [0.2, 0.25) is 0 Å². The van der Waals surface area contributed by atoms with Crippen LogP contribution in [0.25, 0.3) is 15.8 Å². The first-order valence-corrected chi connectivity index (χ1v) is 11.6. The zero-order valence-electron chi connectivity index (χ0n) is 17.7. The number of ether oxygens (including phenoxy) is 1. The van der Waals surface area contributed by atoms with Crippen molar-refractivity contribution in [1.29, 1.82) is 0 Å². The summed E-state index contributed by atoms with van der Waals surface area (Å²) < 4.78 is 9.11. The van der Waals surface area contributed by atoms with E-state index in [9.17, 15) is 5.11 Å². The molecule has 1 unspecified atom stereocenters. The van der Waals surface area contributed by atoms with Crippen LogP contribution in [0, 0.1) is 0 Å². The molecular formula is C23H27N5O2S. The van der Waals surface area contributed by atoms with Gasteiger partial charge in [-0.15, -0.1) is 0 Å². The molecule has 0 spiro atoms. The van der Waals surface area contributed by atoms with Crippen LogP contribution in [0.1, 0.15) is 38.2 Å². The maximum Gasteiger partial charge on any atom is 0.184 e. The maximum absolute atomic E-state index is 10.2. The molecule has 3 atom stereocenters. The normalized spacial score (nSPS) is 23.8. The van der Waals surface area contributed by atoms with Gasteiger partial charge in [-0.25, -0.2) is 4.98 Å². The van der Waals surface area contributed by atoms with E-state index in [-0.39, 0.29) is 18.2 Å². The highest BCUT2D eigenvalue weighted by Gasteiger charge is 2.24. The summed E-state index contributed by atoms with van der Waals surface area (Å²) in [6, 6.07) is 6.13. The number of nitrogens with zero attached hydrogens (tertiary/aromatic N) is 3. The Morgan fingerprint density at radius 1 is 1.29 bits per heavy atom. The van der Waals surface area contributed by atoms with E-state index in [2.05, 4.69) is 28.7 Å². The van der Waals surface area contributed by atoms with Crippen molar-refractivity contribution < 1.29 is 9.84 Å². The van der Waals surface area contributed by atoms with E-state index >= 15 is 0 Å². The fraction of sp³-hybridized carbons (Fsp3) is 0.391. The largest absolute Gasteiger partial charge is 0.459 e. The lowest BCUT2D eigenvalue weighted by Crippen LogP contribution is -2.36. The molecule has 1 aliphatic carbocycles. The van der Waals surface area contributed by atoms with Gasteiger partial charge in [-0.3, -0.25) is 4.68 Å². The summed E-state index contributed by atoms with van der Waals surface area (Å²) in [5.41, 5.74) is 3.02. The summed E-state index contributed by atoms with van der Waals surface area (Å²) >= 11 is 1.60. The van der Waals surface area contributed by atoms with Crippen molar-refractivity contribution in [2.75, 3.05) is 5.32 Å². The van der Waals surface area contributed by atoms with Gasteiger partial charge in [0.15, 0.2) is 5.13 Å². The van der Waals surface area contributed by atoms with E-state index < -0.39 is 0 Å². The van der Waals surface area contributed by atoms with Gasteiger partial charge in [-0.1, -0.05) is 24.2 Å². The minimum atomic E-state index is -0.297. The number of hydrogen-bond donors (Lipinski definition) is 3. The van der Waals surface area contributed by atoms with Gasteiger partial charge >= 0.3 is 0 Å². The molecule has 1 saturated carbocycles. The number of aromatic nitrogens is 3. The highest BCUT2D eigenvalue weighted by Crippen LogP contribution is 2.33. The van der Waals surface area contributed by atoms with Crippen molar-refractivity contribution in [3.8, 4) is 5.75 Å². The van der Waals surface area contributed by atoms with E-state index in [1.807, 2.05) is 43.8 Å². The molecule has 0 amide bonds. The Hall–Kier alpha value is -2.84. The number of allylic oxidation sites excluding steroid dienone is 2. The second-order valence-corrected chi connectivity index (χ2v) is 9.32. The second kappa shape index (κ2) is 8.36. The number of hydrogen-bond acceptors (Lipinski definition) is 7. The smallest absolute Gasteiger partial charge is 0.184 e. The van der Waals surface area contributed by atoms with E-state index in [4.69, 9.17) is 9.72 Å². The number of dihydropyridines is 1.